The number of thiol groups is 1. The number of nitrogens with one attached hydrogen (secondary N) is 1. The van der Waals surface area contributed by atoms with Gasteiger partial charge in [0.1, 0.15) is 35.5 Å². The van der Waals surface area contributed by atoms with Gasteiger partial charge in [-0.2, -0.15) is 12.6 Å². The fourth-order valence-electron chi connectivity index (χ4n) is 8.93. The van der Waals surface area contributed by atoms with E-state index in [0.29, 0.717) is 70.5 Å². The molecule has 3 aliphatic heterocycles. The minimum atomic E-state index is -1.06. The summed E-state index contributed by atoms with van der Waals surface area (Å²) in [6.07, 6.45) is 3.23. The number of hydrogen-bond acceptors (Lipinski definition) is 20. The van der Waals surface area contributed by atoms with Crippen LogP contribution in [0.15, 0.2) is 18.2 Å². The number of imide groups is 1. The molecule has 3 amide bonds. The first-order chi connectivity index (χ1) is 37.1. The molecule has 5 aliphatic rings. The van der Waals surface area contributed by atoms with Crippen LogP contribution in [0.3, 0.4) is 0 Å². The molecule has 2 aliphatic carbocycles. The van der Waals surface area contributed by atoms with Crippen molar-refractivity contribution in [1.82, 2.24) is 15.1 Å². The van der Waals surface area contributed by atoms with Crippen LogP contribution in [0.1, 0.15) is 135 Å². The van der Waals surface area contributed by atoms with E-state index in [1.807, 2.05) is 0 Å². The number of nitrogens with zero attached hydrogens (tertiary/aromatic N) is 2. The molecule has 3 fully saturated rings. The van der Waals surface area contributed by atoms with Crippen LogP contribution in [0.5, 0.6) is 17.2 Å². The highest BCUT2D eigenvalue weighted by atomic mass is 32.2. The van der Waals surface area contributed by atoms with Crippen molar-refractivity contribution >= 4 is 65.7 Å². The van der Waals surface area contributed by atoms with Crippen molar-refractivity contribution in [3.8, 4) is 17.2 Å². The minimum Gasteiger partial charge on any atom is -0.507 e. The van der Waals surface area contributed by atoms with E-state index >= 15 is 0 Å². The number of likely N-dealkylation sites (N-methyl/N-ethyl adjacent to an activating group) is 1. The van der Waals surface area contributed by atoms with Crippen molar-refractivity contribution in [2.45, 2.75) is 127 Å². The second kappa shape index (κ2) is 32.6. The molecule has 7 rings (SSSR count). The third-order valence-corrected chi connectivity index (χ3v) is 15.2. The van der Waals surface area contributed by atoms with Crippen LogP contribution in [-0.2, 0) is 63.6 Å². The normalized spacial score (nSPS) is 22.1. The third kappa shape index (κ3) is 17.8. The Balaban J connectivity index is 0.00000112. The van der Waals surface area contributed by atoms with Crippen molar-refractivity contribution in [3.63, 3.8) is 0 Å². The van der Waals surface area contributed by atoms with Gasteiger partial charge in [-0.3, -0.25) is 39.0 Å². The number of carbonyl (C=O) groups excluding carboxylic acids is 7. The lowest BCUT2D eigenvalue weighted by Gasteiger charge is -2.38. The SMILES string of the molecule is CCC(C)S.CCCC.COc1cccc2c1C(=O)c1c(O)c3c(c(O)c1C2=O)CC(C(=O)CSC1CC(=O)N(CCOCCOCCOCCN(C)C(=O)CCC=O)C1=O)C[C@@H]3O[C@H]1CC[C@H](O[C@@H]2COCCN2)CO1. The lowest BCUT2D eigenvalue weighted by atomic mass is 9.74. The number of benzene rings is 2. The molecule has 3 unspecified atom stereocenters. The predicted molar refractivity (Wildman–Crippen MR) is 289 cm³/mol. The predicted octanol–water partition coefficient (Wildman–Crippen LogP) is 5.41. The van der Waals surface area contributed by atoms with Gasteiger partial charge in [0.2, 0.25) is 23.5 Å². The van der Waals surface area contributed by atoms with Crippen LogP contribution in [0, 0.1) is 5.92 Å². The van der Waals surface area contributed by atoms with Crippen molar-refractivity contribution < 1.29 is 81.7 Å². The Morgan fingerprint density at radius 2 is 1.61 bits per heavy atom. The largest absolute Gasteiger partial charge is 0.507 e. The second-order valence-electron chi connectivity index (χ2n) is 19.2. The molecule has 0 radical (unpaired) electrons. The van der Waals surface area contributed by atoms with Gasteiger partial charge in [-0.1, -0.05) is 52.7 Å². The summed E-state index contributed by atoms with van der Waals surface area (Å²) in [5.41, 5.74) is -0.637. The Kier molecular flexibility index (Phi) is 26.8. The number of rotatable bonds is 26. The standard InChI is InChI=1S/C47H59N3O17S.C4H10S.C4H10/c1-49(36(53)7-4-13-51)11-15-61-17-19-63-20-18-62-16-12-50-37(54)23-34(47(50)59)68-26-31(52)27-21-30-40(33(22-27)67-38-9-8-28(24-65-38)66-35-25-64-14-10-48-35)46(58)42-41(44(30)56)43(55)29-5-3-6-32(60-2)39(29)45(42)57;1-3-4(2)5;1-3-4-2/h3,5-6,13,27-28,33-35,38,48,56,58H,4,7-12,14-26H2,1-2H3;4-5H,3H2,1-2H3;3-4H2,1-2H3/t27?,28-,33-,34?,35+,38-;;/m0../s1. The number of Topliss-reactive ketones (excluding diaryl/α,β-unsaturated/α-hetero) is 1. The number of hydrogen-bond donors (Lipinski definition) is 4. The smallest absolute Gasteiger partial charge is 0.242 e. The maximum Gasteiger partial charge on any atom is 0.242 e. The topological polar surface area (TPSA) is 252 Å². The molecule has 22 heteroatoms. The first-order valence-corrected chi connectivity index (χ1v) is 28.3. The molecule has 77 heavy (non-hydrogen) atoms. The highest BCUT2D eigenvalue weighted by molar-refractivity contribution is 8.01. The molecule has 0 spiro atoms. The van der Waals surface area contributed by atoms with Gasteiger partial charge in [0, 0.05) is 68.4 Å². The molecule has 0 saturated carbocycles. The molecular formula is C55H79N3O17S2. The number of methoxy groups -OCH3 is 1. The van der Waals surface area contributed by atoms with E-state index in [1.54, 1.807) is 13.1 Å². The average Bonchev–Trinajstić information content (AvgIpc) is 3.72. The van der Waals surface area contributed by atoms with Gasteiger partial charge in [-0.25, -0.2) is 0 Å². The number of phenols is 2. The highest BCUT2D eigenvalue weighted by Crippen LogP contribution is 2.52. The molecule has 0 bridgehead atoms. The van der Waals surface area contributed by atoms with E-state index in [4.69, 9.17) is 37.9 Å². The van der Waals surface area contributed by atoms with Gasteiger partial charge >= 0.3 is 0 Å². The zero-order chi connectivity index (χ0) is 56.0. The number of fused-ring (bicyclic) bond motifs is 3. The summed E-state index contributed by atoms with van der Waals surface area (Å²) in [7, 11) is 3.00. The molecule has 3 heterocycles. The van der Waals surface area contributed by atoms with Crippen LogP contribution >= 0.6 is 24.4 Å². The molecular weight excluding hydrogens is 1040 g/mol. The summed E-state index contributed by atoms with van der Waals surface area (Å²) >= 11 is 5.14. The van der Waals surface area contributed by atoms with Crippen LogP contribution in [-0.4, -0.2) is 189 Å². The third-order valence-electron chi connectivity index (χ3n) is 13.6. The van der Waals surface area contributed by atoms with Gasteiger partial charge in [0.15, 0.2) is 12.1 Å². The van der Waals surface area contributed by atoms with Gasteiger partial charge in [0.25, 0.3) is 0 Å². The van der Waals surface area contributed by atoms with Gasteiger partial charge in [-0.05, 0) is 37.0 Å². The maximum atomic E-state index is 14.1. The van der Waals surface area contributed by atoms with Crippen molar-refractivity contribution in [1.29, 1.82) is 0 Å². The van der Waals surface area contributed by atoms with Gasteiger partial charge < -0.3 is 57.8 Å². The zero-order valence-corrected chi connectivity index (χ0v) is 47.1. The maximum absolute atomic E-state index is 14.1. The molecule has 2 aromatic carbocycles. The van der Waals surface area contributed by atoms with Crippen LogP contribution in [0.4, 0.5) is 0 Å². The first kappa shape index (κ1) is 63.3. The summed E-state index contributed by atoms with van der Waals surface area (Å²) in [4.78, 5) is 93.4. The number of aldehydes is 1. The summed E-state index contributed by atoms with van der Waals surface area (Å²) in [5, 5.41) is 26.9. The van der Waals surface area contributed by atoms with E-state index in [9.17, 15) is 43.8 Å². The summed E-state index contributed by atoms with van der Waals surface area (Å²) < 4.78 is 46.1. The molecule has 7 atom stereocenters. The molecule has 0 aromatic heterocycles. The number of aromatic hydroxyl groups is 2. The Morgan fingerprint density at radius 1 is 0.922 bits per heavy atom. The highest BCUT2D eigenvalue weighted by Gasteiger charge is 2.46. The van der Waals surface area contributed by atoms with E-state index in [2.05, 4.69) is 45.6 Å². The van der Waals surface area contributed by atoms with Crippen LogP contribution in [0.2, 0.25) is 0 Å². The van der Waals surface area contributed by atoms with Crippen molar-refractivity contribution in [2.24, 2.45) is 5.92 Å². The Morgan fingerprint density at radius 3 is 2.23 bits per heavy atom. The fourth-order valence-corrected chi connectivity index (χ4v) is 10.1. The van der Waals surface area contributed by atoms with Crippen LogP contribution in [0.25, 0.3) is 0 Å². The number of phenolic OH excluding ortho intramolecular Hbond substituents is 2. The number of morpholine rings is 1. The molecule has 3 N–H and O–H groups in total. The van der Waals surface area contributed by atoms with E-state index < -0.39 is 52.5 Å². The molecule has 2 aromatic rings. The number of carbonyl (C=O) groups is 7. The number of ketones is 3. The molecule has 428 valence electrons. The lowest BCUT2D eigenvalue weighted by Crippen LogP contribution is -2.47. The number of amides is 3. The number of ether oxygens (including phenoxy) is 8. The minimum absolute atomic E-state index is 0.00387. The molecule has 3 saturated heterocycles. The monoisotopic (exact) mass is 1120 g/mol. The van der Waals surface area contributed by atoms with Gasteiger partial charge in [0.05, 0.1) is 113 Å². The van der Waals surface area contributed by atoms with Crippen molar-refractivity contribution in [2.75, 3.05) is 99.0 Å². The number of likely N-dealkylation sites (tertiary alicyclic amines) is 1. The first-order valence-electron chi connectivity index (χ1n) is 26.8. The number of unbranched alkanes of at least 4 members (excludes halogenated alkanes) is 1. The lowest BCUT2D eigenvalue weighted by molar-refractivity contribution is -0.229. The molecule has 20 nitrogen and oxygen atoms in total. The van der Waals surface area contributed by atoms with E-state index in [-0.39, 0.29) is 140 Å². The summed E-state index contributed by atoms with van der Waals surface area (Å²) in [6.45, 7) is 12.3. The zero-order valence-electron chi connectivity index (χ0n) is 45.4. The van der Waals surface area contributed by atoms with Crippen molar-refractivity contribution in [3.05, 3.63) is 51.6 Å². The Bertz CT molecular complexity index is 2300. The quantitative estimate of drug-likeness (QED) is 0.0258. The average molecular weight is 1120 g/mol. The Hall–Kier alpha value is -4.49. The van der Waals surface area contributed by atoms with Gasteiger partial charge in [-0.15, -0.1) is 11.8 Å². The fraction of sp³-hybridized carbons (Fsp3) is 0.655. The van der Waals surface area contributed by atoms with Crippen LogP contribution < -0.4 is 10.1 Å². The van der Waals surface area contributed by atoms with E-state index in [0.717, 1.165) is 16.7 Å². The second-order valence-corrected chi connectivity index (χ2v) is 21.3. The Labute approximate surface area is 461 Å². The summed E-state index contributed by atoms with van der Waals surface area (Å²) in [6, 6.07) is 4.51. The number of thioether (sulfide) groups is 1. The van der Waals surface area contributed by atoms with E-state index in [1.165, 1.54) is 43.4 Å². The summed E-state index contributed by atoms with van der Waals surface area (Å²) in [5.74, 6) is -4.58.